The van der Waals surface area contributed by atoms with E-state index in [1.807, 2.05) is 6.26 Å². The maximum absolute atomic E-state index is 13.5. The Bertz CT molecular complexity index is 1230. The summed E-state index contributed by atoms with van der Waals surface area (Å²) in [5.41, 5.74) is 0.312. The minimum atomic E-state index is -0.736. The van der Waals surface area contributed by atoms with Gasteiger partial charge in [0.1, 0.15) is 0 Å². The van der Waals surface area contributed by atoms with E-state index in [1.165, 1.54) is 12.1 Å². The summed E-state index contributed by atoms with van der Waals surface area (Å²) in [6.45, 7) is 2.39. The molecule has 2 heterocycles. The van der Waals surface area contributed by atoms with Crippen LogP contribution >= 0.6 is 11.8 Å². The number of hydrogen-bond acceptors (Lipinski definition) is 8. The molecule has 2 aromatic rings. The molecule has 1 atom stereocenters. The number of aryl methyl sites for hydroxylation is 1. The summed E-state index contributed by atoms with van der Waals surface area (Å²) < 4.78 is 0. The molecule has 11 nitrogen and oxygen atoms in total. The second kappa shape index (κ2) is 10.9. The van der Waals surface area contributed by atoms with Crippen LogP contribution in [0.4, 0.5) is 11.4 Å². The Morgan fingerprint density at radius 2 is 1.78 bits per heavy atom. The molecule has 0 aliphatic carbocycles. The maximum atomic E-state index is 13.5. The fraction of sp³-hybridized carbons (Fsp3) is 0.440. The Hall–Kier alpha value is -3.51. The Kier molecular flexibility index (Phi) is 7.79. The van der Waals surface area contributed by atoms with Crippen LogP contribution in [0.15, 0.2) is 42.5 Å². The predicted molar refractivity (Wildman–Crippen MR) is 139 cm³/mol. The molecular formula is C25H29N5O6S. The van der Waals surface area contributed by atoms with E-state index >= 15 is 0 Å². The van der Waals surface area contributed by atoms with Gasteiger partial charge in [0.15, 0.2) is 0 Å². The van der Waals surface area contributed by atoms with Crippen LogP contribution in [-0.4, -0.2) is 68.3 Å². The minimum absolute atomic E-state index is 0.0356. The Balaban J connectivity index is 1.56. The van der Waals surface area contributed by atoms with Crippen molar-refractivity contribution < 1.29 is 19.4 Å². The number of thioether (sulfide) groups is 1. The van der Waals surface area contributed by atoms with Crippen LogP contribution < -0.4 is 5.32 Å². The summed E-state index contributed by atoms with van der Waals surface area (Å²) in [5.74, 6) is 0.392. The van der Waals surface area contributed by atoms with Crippen molar-refractivity contribution in [3.05, 3.63) is 79.4 Å². The van der Waals surface area contributed by atoms with Crippen LogP contribution in [0.25, 0.3) is 0 Å². The molecule has 2 aliphatic rings. The first kappa shape index (κ1) is 26.6. The minimum Gasteiger partial charge on any atom is -0.338 e. The van der Waals surface area contributed by atoms with Crippen molar-refractivity contribution in [1.82, 2.24) is 15.1 Å². The molecule has 0 bridgehead atoms. The van der Waals surface area contributed by atoms with Crippen molar-refractivity contribution in [3.8, 4) is 0 Å². The smallest absolute Gasteiger partial charge is 0.274 e. The molecule has 0 saturated carbocycles. The SMILES string of the molecule is CSCCC1NC2(CCN(C(=O)c3ccc(C)c([N+](=O)[O-])c3)CC2)N(Cc2ccccc2[N+](=O)[O-])C1=O. The van der Waals surface area contributed by atoms with Crippen molar-refractivity contribution in [1.29, 1.82) is 0 Å². The average Bonchev–Trinajstić information content (AvgIpc) is 3.13. The zero-order chi connectivity index (χ0) is 26.7. The van der Waals surface area contributed by atoms with Crippen LogP contribution in [0.5, 0.6) is 0 Å². The first-order valence-electron chi connectivity index (χ1n) is 12.0. The first-order chi connectivity index (χ1) is 17.7. The average molecular weight is 528 g/mol. The van der Waals surface area contributed by atoms with Crippen molar-refractivity contribution in [2.75, 3.05) is 25.1 Å². The van der Waals surface area contributed by atoms with E-state index in [9.17, 15) is 29.8 Å². The first-order valence-corrected chi connectivity index (χ1v) is 13.4. The molecule has 0 aromatic heterocycles. The van der Waals surface area contributed by atoms with E-state index in [-0.39, 0.29) is 35.3 Å². The fourth-order valence-corrected chi connectivity index (χ4v) is 5.60. The summed E-state index contributed by atoms with van der Waals surface area (Å²) in [7, 11) is 0. The van der Waals surface area contributed by atoms with Gasteiger partial charge in [-0.15, -0.1) is 0 Å². The molecular weight excluding hydrogens is 498 g/mol. The maximum Gasteiger partial charge on any atom is 0.274 e. The van der Waals surface area contributed by atoms with E-state index < -0.39 is 21.6 Å². The summed E-state index contributed by atoms with van der Waals surface area (Å²) >= 11 is 1.64. The second-order valence-electron chi connectivity index (χ2n) is 9.37. The van der Waals surface area contributed by atoms with E-state index in [0.29, 0.717) is 43.5 Å². The van der Waals surface area contributed by atoms with E-state index in [2.05, 4.69) is 5.32 Å². The normalized spacial score (nSPS) is 18.9. The van der Waals surface area contributed by atoms with Gasteiger partial charge in [0.25, 0.3) is 17.3 Å². The van der Waals surface area contributed by atoms with E-state index in [0.717, 1.165) is 5.75 Å². The third-order valence-corrected chi connectivity index (χ3v) is 7.83. The van der Waals surface area contributed by atoms with Gasteiger partial charge >= 0.3 is 0 Å². The quantitative estimate of drug-likeness (QED) is 0.407. The Morgan fingerprint density at radius 3 is 2.43 bits per heavy atom. The second-order valence-corrected chi connectivity index (χ2v) is 10.4. The topological polar surface area (TPSA) is 139 Å². The van der Waals surface area contributed by atoms with Gasteiger partial charge in [-0.2, -0.15) is 11.8 Å². The van der Waals surface area contributed by atoms with Crippen molar-refractivity contribution >= 4 is 35.0 Å². The van der Waals surface area contributed by atoms with Crippen molar-refractivity contribution in [2.24, 2.45) is 0 Å². The highest BCUT2D eigenvalue weighted by molar-refractivity contribution is 7.98. The van der Waals surface area contributed by atoms with Crippen LogP contribution in [-0.2, 0) is 11.3 Å². The van der Waals surface area contributed by atoms with Gasteiger partial charge < -0.3 is 9.80 Å². The molecule has 1 unspecified atom stereocenters. The molecule has 196 valence electrons. The zero-order valence-electron chi connectivity index (χ0n) is 20.7. The number of carbonyl (C=O) groups is 2. The number of rotatable bonds is 8. The number of nitrogens with one attached hydrogen (secondary N) is 1. The van der Waals surface area contributed by atoms with Crippen LogP contribution in [0.1, 0.15) is 40.7 Å². The molecule has 4 rings (SSSR count). The third-order valence-electron chi connectivity index (χ3n) is 7.18. The lowest BCUT2D eigenvalue weighted by Crippen LogP contribution is -2.59. The third kappa shape index (κ3) is 5.30. The number of nitro benzene ring substituents is 2. The highest BCUT2D eigenvalue weighted by Gasteiger charge is 2.51. The number of para-hydroxylation sites is 1. The molecule has 2 aromatic carbocycles. The van der Waals surface area contributed by atoms with E-state index in [4.69, 9.17) is 0 Å². The summed E-state index contributed by atoms with van der Waals surface area (Å²) in [6.07, 6.45) is 3.48. The summed E-state index contributed by atoms with van der Waals surface area (Å²) in [5, 5.41) is 26.4. The van der Waals surface area contributed by atoms with Crippen LogP contribution in [0.3, 0.4) is 0 Å². The molecule has 2 amide bonds. The molecule has 1 spiro atoms. The number of nitrogens with zero attached hydrogens (tertiary/aromatic N) is 4. The lowest BCUT2D eigenvalue weighted by molar-refractivity contribution is -0.385. The highest BCUT2D eigenvalue weighted by atomic mass is 32.2. The van der Waals surface area contributed by atoms with Crippen molar-refractivity contribution in [3.63, 3.8) is 0 Å². The van der Waals surface area contributed by atoms with Gasteiger partial charge in [-0.05, 0) is 31.4 Å². The van der Waals surface area contributed by atoms with E-state index in [1.54, 1.807) is 58.8 Å². The predicted octanol–water partition coefficient (Wildman–Crippen LogP) is 3.50. The fourth-order valence-electron chi connectivity index (χ4n) is 5.13. The molecule has 2 saturated heterocycles. The van der Waals surface area contributed by atoms with Gasteiger partial charge in [0, 0.05) is 54.8 Å². The molecule has 12 heteroatoms. The molecule has 37 heavy (non-hydrogen) atoms. The number of hydrogen-bond donors (Lipinski definition) is 1. The number of carbonyl (C=O) groups excluding carboxylic acids is 2. The largest absolute Gasteiger partial charge is 0.338 e. The number of piperidine rings is 1. The molecule has 2 fully saturated rings. The number of benzene rings is 2. The van der Waals surface area contributed by atoms with Gasteiger partial charge in [-0.1, -0.05) is 24.3 Å². The molecule has 0 radical (unpaired) electrons. The summed E-state index contributed by atoms with van der Waals surface area (Å²) in [6, 6.07) is 10.5. The Morgan fingerprint density at radius 1 is 1.11 bits per heavy atom. The lowest BCUT2D eigenvalue weighted by Gasteiger charge is -2.44. The van der Waals surface area contributed by atoms with Gasteiger partial charge in [-0.3, -0.25) is 35.1 Å². The van der Waals surface area contributed by atoms with Crippen LogP contribution in [0, 0.1) is 27.2 Å². The summed E-state index contributed by atoms with van der Waals surface area (Å²) in [4.78, 5) is 52.0. The monoisotopic (exact) mass is 527 g/mol. The number of likely N-dealkylation sites (tertiary alicyclic amines) is 1. The molecule has 1 N–H and O–H groups in total. The lowest BCUT2D eigenvalue weighted by atomic mass is 9.94. The van der Waals surface area contributed by atoms with Gasteiger partial charge in [-0.25, -0.2) is 0 Å². The highest BCUT2D eigenvalue weighted by Crippen LogP contribution is 2.36. The number of amides is 2. The zero-order valence-corrected chi connectivity index (χ0v) is 21.5. The standard InChI is InChI=1S/C25H29N5O6S/c1-17-7-8-18(15-22(17)30(35)36)23(31)27-12-10-25(11-13-27)26-20(9-14-37-2)24(32)28(25)16-19-5-3-4-6-21(19)29(33)34/h3-8,15,20,26H,9-14,16H2,1-2H3. The molecule has 2 aliphatic heterocycles. The van der Waals surface area contributed by atoms with Crippen LogP contribution in [0.2, 0.25) is 0 Å². The Labute approximate surface area is 218 Å². The van der Waals surface area contributed by atoms with Crippen molar-refractivity contribution in [2.45, 2.75) is 44.4 Å². The van der Waals surface area contributed by atoms with Gasteiger partial charge in [0.2, 0.25) is 5.91 Å². The number of nitro groups is 2. The van der Waals surface area contributed by atoms with Gasteiger partial charge in [0.05, 0.1) is 28.1 Å².